The molecule has 0 saturated heterocycles. The number of hydrogen-bond donors (Lipinski definition) is 1. The number of aliphatic hydroxyl groups excluding tert-OH is 1. The Labute approximate surface area is 93.1 Å². The van der Waals surface area contributed by atoms with E-state index in [1.165, 1.54) is 0 Å². The predicted molar refractivity (Wildman–Crippen MR) is 61.6 cm³/mol. The van der Waals surface area contributed by atoms with E-state index in [4.69, 9.17) is 9.47 Å². The van der Waals surface area contributed by atoms with E-state index in [1.54, 1.807) is 0 Å². The van der Waals surface area contributed by atoms with E-state index in [0.29, 0.717) is 12.5 Å². The molecule has 3 atom stereocenters. The molecule has 90 valence electrons. The van der Waals surface area contributed by atoms with Gasteiger partial charge in [0.2, 0.25) is 0 Å². The molecular weight excluding hydrogens is 192 g/mol. The second kappa shape index (κ2) is 8.89. The molecule has 0 amide bonds. The summed E-state index contributed by atoms with van der Waals surface area (Å²) in [7, 11) is 0. The quantitative estimate of drug-likeness (QED) is 0.500. The average molecular weight is 216 g/mol. The van der Waals surface area contributed by atoms with Crippen LogP contribution in [0.5, 0.6) is 0 Å². The van der Waals surface area contributed by atoms with Gasteiger partial charge in [-0.2, -0.15) is 0 Å². The molecular formula is C12H24O3. The van der Waals surface area contributed by atoms with Crippen molar-refractivity contribution in [2.45, 2.75) is 46.5 Å². The first-order valence-electron chi connectivity index (χ1n) is 5.64. The lowest BCUT2D eigenvalue weighted by molar-refractivity contribution is -0.177. The van der Waals surface area contributed by atoms with Crippen LogP contribution in [-0.2, 0) is 9.47 Å². The van der Waals surface area contributed by atoms with Gasteiger partial charge in [-0.25, -0.2) is 0 Å². The van der Waals surface area contributed by atoms with Gasteiger partial charge in [0.1, 0.15) is 0 Å². The molecule has 0 bridgehead atoms. The molecule has 0 aromatic carbocycles. The molecule has 0 rings (SSSR count). The largest absolute Gasteiger partial charge is 0.394 e. The van der Waals surface area contributed by atoms with Crippen molar-refractivity contribution in [1.82, 2.24) is 0 Å². The molecule has 1 N–H and O–H groups in total. The van der Waals surface area contributed by atoms with E-state index >= 15 is 0 Å². The average Bonchev–Trinajstić information content (AvgIpc) is 2.22. The van der Waals surface area contributed by atoms with Gasteiger partial charge in [-0.1, -0.05) is 19.1 Å². The first-order valence-corrected chi connectivity index (χ1v) is 5.64. The maximum Gasteiger partial charge on any atom is 0.155 e. The Morgan fingerprint density at radius 2 is 2.00 bits per heavy atom. The first-order chi connectivity index (χ1) is 7.15. The van der Waals surface area contributed by atoms with Crippen LogP contribution >= 0.6 is 0 Å². The van der Waals surface area contributed by atoms with Crippen LogP contribution in [0.1, 0.15) is 34.1 Å². The van der Waals surface area contributed by atoms with Crippen LogP contribution in [0.25, 0.3) is 0 Å². The van der Waals surface area contributed by atoms with Crippen LogP contribution in [0.3, 0.4) is 0 Å². The monoisotopic (exact) mass is 216 g/mol. The molecule has 3 nitrogen and oxygen atoms in total. The van der Waals surface area contributed by atoms with Crippen LogP contribution in [-0.4, -0.2) is 30.7 Å². The van der Waals surface area contributed by atoms with Crippen molar-refractivity contribution < 1.29 is 14.6 Å². The van der Waals surface area contributed by atoms with E-state index in [-0.39, 0.29) is 19.0 Å². The molecule has 0 fully saturated rings. The Morgan fingerprint density at radius 1 is 1.33 bits per heavy atom. The number of rotatable bonds is 8. The fraction of sp³-hybridized carbons (Fsp3) is 0.833. The summed E-state index contributed by atoms with van der Waals surface area (Å²) in [5.74, 6) is 0.300. The lowest BCUT2D eigenvalue weighted by Crippen LogP contribution is -2.30. The number of allylic oxidation sites excluding steroid dienone is 2. The Bertz CT molecular complexity index is 168. The molecule has 0 saturated carbocycles. The van der Waals surface area contributed by atoms with Gasteiger partial charge in [0.25, 0.3) is 0 Å². The third kappa shape index (κ3) is 6.66. The Kier molecular flexibility index (Phi) is 8.67. The summed E-state index contributed by atoms with van der Waals surface area (Å²) in [5.41, 5.74) is 0. The van der Waals surface area contributed by atoms with Gasteiger partial charge >= 0.3 is 0 Å². The zero-order chi connectivity index (χ0) is 11.7. The lowest BCUT2D eigenvalue weighted by atomic mass is 10.0. The zero-order valence-electron chi connectivity index (χ0n) is 10.3. The van der Waals surface area contributed by atoms with Crippen LogP contribution in [0.2, 0.25) is 0 Å². The Balaban J connectivity index is 3.98. The van der Waals surface area contributed by atoms with Crippen molar-refractivity contribution in [3.8, 4) is 0 Å². The highest BCUT2D eigenvalue weighted by atomic mass is 16.7. The fourth-order valence-corrected chi connectivity index (χ4v) is 1.38. The molecule has 0 spiro atoms. The second-order valence-corrected chi connectivity index (χ2v) is 3.66. The molecule has 0 aliphatic rings. The zero-order valence-corrected chi connectivity index (χ0v) is 10.3. The topological polar surface area (TPSA) is 38.7 Å². The van der Waals surface area contributed by atoms with Gasteiger partial charge in [-0.05, 0) is 33.1 Å². The summed E-state index contributed by atoms with van der Waals surface area (Å²) < 4.78 is 10.9. The van der Waals surface area contributed by atoms with Gasteiger partial charge in [-0.3, -0.25) is 0 Å². The van der Waals surface area contributed by atoms with Crippen molar-refractivity contribution in [2.75, 3.05) is 13.2 Å². The molecule has 3 unspecified atom stereocenters. The Hall–Kier alpha value is -0.380. The maximum atomic E-state index is 9.21. The summed E-state index contributed by atoms with van der Waals surface area (Å²) in [5, 5.41) is 9.21. The first kappa shape index (κ1) is 14.6. The van der Waals surface area contributed by atoms with Crippen molar-refractivity contribution in [3.63, 3.8) is 0 Å². The number of ether oxygens (including phenoxy) is 2. The van der Waals surface area contributed by atoms with E-state index in [0.717, 1.165) is 6.42 Å². The van der Waals surface area contributed by atoms with E-state index in [1.807, 2.05) is 26.8 Å². The van der Waals surface area contributed by atoms with Crippen molar-refractivity contribution >= 4 is 0 Å². The molecule has 0 radical (unpaired) electrons. The van der Waals surface area contributed by atoms with Gasteiger partial charge in [-0.15, -0.1) is 0 Å². The number of hydrogen-bond acceptors (Lipinski definition) is 3. The third-order valence-corrected chi connectivity index (χ3v) is 2.33. The Morgan fingerprint density at radius 3 is 2.47 bits per heavy atom. The highest BCUT2D eigenvalue weighted by Crippen LogP contribution is 2.14. The minimum absolute atomic E-state index is 0.0378. The van der Waals surface area contributed by atoms with Crippen LogP contribution in [0.4, 0.5) is 0 Å². The molecule has 0 heterocycles. The summed E-state index contributed by atoms with van der Waals surface area (Å²) in [6.45, 7) is 8.51. The van der Waals surface area contributed by atoms with Crippen molar-refractivity contribution in [3.05, 3.63) is 12.2 Å². The normalized spacial score (nSPS) is 17.9. The summed E-state index contributed by atoms with van der Waals surface area (Å²) in [4.78, 5) is 0. The van der Waals surface area contributed by atoms with E-state index in [2.05, 4.69) is 13.0 Å². The molecule has 3 heteroatoms. The SMILES string of the molecule is CC=CCC(C)C(CO)OC(C)OCC. The molecule has 15 heavy (non-hydrogen) atoms. The minimum atomic E-state index is -0.250. The van der Waals surface area contributed by atoms with Crippen LogP contribution in [0.15, 0.2) is 12.2 Å². The summed E-state index contributed by atoms with van der Waals surface area (Å²) in [6.07, 6.45) is 4.61. The van der Waals surface area contributed by atoms with E-state index < -0.39 is 0 Å². The smallest absolute Gasteiger partial charge is 0.155 e. The molecule has 0 aromatic rings. The molecule has 0 aliphatic heterocycles. The molecule has 0 aromatic heterocycles. The van der Waals surface area contributed by atoms with Crippen LogP contribution < -0.4 is 0 Å². The van der Waals surface area contributed by atoms with Gasteiger partial charge in [0.05, 0.1) is 12.7 Å². The second-order valence-electron chi connectivity index (χ2n) is 3.66. The summed E-state index contributed by atoms with van der Waals surface area (Å²) >= 11 is 0. The molecule has 0 aliphatic carbocycles. The number of aliphatic hydroxyl groups is 1. The van der Waals surface area contributed by atoms with Gasteiger partial charge in [0, 0.05) is 6.61 Å². The summed E-state index contributed by atoms with van der Waals surface area (Å²) in [6, 6.07) is 0. The minimum Gasteiger partial charge on any atom is -0.394 e. The third-order valence-electron chi connectivity index (χ3n) is 2.33. The van der Waals surface area contributed by atoms with Crippen LogP contribution in [0, 0.1) is 5.92 Å². The van der Waals surface area contributed by atoms with Gasteiger partial charge in [0.15, 0.2) is 6.29 Å². The fourth-order valence-electron chi connectivity index (χ4n) is 1.38. The standard InChI is InChI=1S/C12H24O3/c1-5-7-8-10(3)12(9-13)15-11(4)14-6-2/h5,7,10-13H,6,8-9H2,1-4H3. The highest BCUT2D eigenvalue weighted by molar-refractivity contribution is 4.81. The predicted octanol–water partition coefficient (Wildman–Crippen LogP) is 2.35. The van der Waals surface area contributed by atoms with Crippen molar-refractivity contribution in [1.29, 1.82) is 0 Å². The van der Waals surface area contributed by atoms with Crippen molar-refractivity contribution in [2.24, 2.45) is 5.92 Å². The maximum absolute atomic E-state index is 9.21. The lowest BCUT2D eigenvalue weighted by Gasteiger charge is -2.25. The van der Waals surface area contributed by atoms with E-state index in [9.17, 15) is 5.11 Å². The van der Waals surface area contributed by atoms with Gasteiger partial charge < -0.3 is 14.6 Å². The highest BCUT2D eigenvalue weighted by Gasteiger charge is 2.18.